The van der Waals surface area contributed by atoms with Gasteiger partial charge in [-0.15, -0.1) is 0 Å². The summed E-state index contributed by atoms with van der Waals surface area (Å²) in [4.78, 5) is 14.8. The first-order valence-corrected chi connectivity index (χ1v) is 5.93. The first kappa shape index (κ1) is 13.1. The zero-order valence-electron chi connectivity index (χ0n) is 11.1. The number of carboxylic acid groups (broad SMARTS) is 1. The summed E-state index contributed by atoms with van der Waals surface area (Å²) in [6.07, 6.45) is 0. The van der Waals surface area contributed by atoms with Crippen molar-refractivity contribution in [2.24, 2.45) is 0 Å². The van der Waals surface area contributed by atoms with Crippen molar-refractivity contribution in [2.75, 3.05) is 0 Å². The Bertz CT molecular complexity index is 635. The number of nitrogens with zero attached hydrogens (tertiary/aromatic N) is 1. The van der Waals surface area contributed by atoms with Gasteiger partial charge in [0.1, 0.15) is 5.75 Å². The number of carboxylic acids is 1. The Labute approximate surface area is 111 Å². The summed E-state index contributed by atoms with van der Waals surface area (Å²) in [7, 11) is 0. The number of aromatic nitrogens is 1. The molecule has 4 heteroatoms. The highest BCUT2D eigenvalue weighted by atomic mass is 16.5. The number of benzene rings is 1. The maximum absolute atomic E-state index is 10.9. The molecule has 19 heavy (non-hydrogen) atoms. The minimum atomic E-state index is -1.07. The molecule has 1 heterocycles. The predicted molar refractivity (Wildman–Crippen MR) is 71.9 cm³/mol. The summed E-state index contributed by atoms with van der Waals surface area (Å²) >= 11 is 0. The van der Waals surface area contributed by atoms with Gasteiger partial charge >= 0.3 is 5.97 Å². The Hall–Kier alpha value is -2.36. The Morgan fingerprint density at radius 3 is 2.63 bits per heavy atom. The van der Waals surface area contributed by atoms with E-state index in [0.29, 0.717) is 5.75 Å². The third-order valence-corrected chi connectivity index (χ3v) is 2.92. The normalized spacial score (nSPS) is 10.3. The standard InChI is InChI=1S/C15H15NO3/c1-9-7-10(2)11(3)13(8-9)19-14-6-4-5-12(16-14)15(17)18/h4-8H,1-3H3,(H,17,18). The average Bonchev–Trinajstić information content (AvgIpc) is 2.35. The van der Waals surface area contributed by atoms with E-state index in [0.717, 1.165) is 16.7 Å². The molecule has 0 unspecified atom stereocenters. The molecule has 1 N–H and O–H groups in total. The lowest BCUT2D eigenvalue weighted by Crippen LogP contribution is -2.01. The first-order chi connectivity index (χ1) is 8.97. The van der Waals surface area contributed by atoms with Crippen molar-refractivity contribution >= 4 is 5.97 Å². The van der Waals surface area contributed by atoms with Crippen LogP contribution in [0.1, 0.15) is 27.2 Å². The highest BCUT2D eigenvalue weighted by molar-refractivity contribution is 5.85. The molecular formula is C15H15NO3. The number of carbonyl (C=O) groups is 1. The fourth-order valence-electron chi connectivity index (χ4n) is 1.81. The number of hydrogen-bond donors (Lipinski definition) is 1. The van der Waals surface area contributed by atoms with Crippen molar-refractivity contribution < 1.29 is 14.6 Å². The maximum atomic E-state index is 10.9. The molecule has 0 fully saturated rings. The van der Waals surface area contributed by atoms with Crippen LogP contribution < -0.4 is 4.74 Å². The van der Waals surface area contributed by atoms with Gasteiger partial charge in [-0.25, -0.2) is 9.78 Å². The molecule has 0 spiro atoms. The van der Waals surface area contributed by atoms with Crippen molar-refractivity contribution in [2.45, 2.75) is 20.8 Å². The smallest absolute Gasteiger partial charge is 0.354 e. The van der Waals surface area contributed by atoms with Crippen LogP contribution in [0.3, 0.4) is 0 Å². The summed E-state index contributed by atoms with van der Waals surface area (Å²) in [6, 6.07) is 8.68. The third kappa shape index (κ3) is 2.91. The molecule has 98 valence electrons. The molecular weight excluding hydrogens is 242 g/mol. The van der Waals surface area contributed by atoms with Crippen LogP contribution in [0, 0.1) is 20.8 Å². The lowest BCUT2D eigenvalue weighted by atomic mass is 10.1. The van der Waals surface area contributed by atoms with Crippen LogP contribution in [0.4, 0.5) is 0 Å². The summed E-state index contributed by atoms with van der Waals surface area (Å²) in [6.45, 7) is 5.96. The SMILES string of the molecule is Cc1cc(C)c(C)c(Oc2cccc(C(=O)O)n2)c1. The van der Waals surface area contributed by atoms with Gasteiger partial charge in [0.15, 0.2) is 5.69 Å². The van der Waals surface area contributed by atoms with E-state index in [2.05, 4.69) is 11.1 Å². The number of ether oxygens (including phenoxy) is 1. The fraction of sp³-hybridized carbons (Fsp3) is 0.200. The molecule has 0 aliphatic rings. The molecule has 0 bridgehead atoms. The largest absolute Gasteiger partial charge is 0.477 e. The van der Waals surface area contributed by atoms with Crippen molar-refractivity contribution in [1.29, 1.82) is 0 Å². The molecule has 0 aliphatic heterocycles. The molecule has 0 saturated carbocycles. The lowest BCUT2D eigenvalue weighted by Gasteiger charge is -2.11. The lowest BCUT2D eigenvalue weighted by molar-refractivity contribution is 0.0689. The predicted octanol–water partition coefficient (Wildman–Crippen LogP) is 3.50. The topological polar surface area (TPSA) is 59.4 Å². The monoisotopic (exact) mass is 257 g/mol. The van der Waals surface area contributed by atoms with Crippen LogP contribution in [0.5, 0.6) is 11.6 Å². The zero-order chi connectivity index (χ0) is 14.0. The van der Waals surface area contributed by atoms with Crippen molar-refractivity contribution in [3.63, 3.8) is 0 Å². The minimum Gasteiger partial charge on any atom is -0.477 e. The van der Waals surface area contributed by atoms with Gasteiger partial charge in [0.05, 0.1) is 0 Å². The molecule has 0 radical (unpaired) electrons. The van der Waals surface area contributed by atoms with E-state index < -0.39 is 5.97 Å². The van der Waals surface area contributed by atoms with Crippen LogP contribution in [-0.2, 0) is 0 Å². The van der Waals surface area contributed by atoms with E-state index in [1.165, 1.54) is 6.07 Å². The molecule has 1 aromatic heterocycles. The first-order valence-electron chi connectivity index (χ1n) is 5.93. The number of aryl methyl sites for hydroxylation is 2. The Morgan fingerprint density at radius 1 is 1.21 bits per heavy atom. The molecule has 2 rings (SSSR count). The van der Waals surface area contributed by atoms with E-state index in [1.54, 1.807) is 12.1 Å². The Balaban J connectivity index is 2.36. The summed E-state index contributed by atoms with van der Waals surface area (Å²) < 4.78 is 5.69. The van der Waals surface area contributed by atoms with Gasteiger partial charge < -0.3 is 9.84 Å². The number of rotatable bonds is 3. The van der Waals surface area contributed by atoms with Crippen molar-refractivity contribution in [3.8, 4) is 11.6 Å². The highest BCUT2D eigenvalue weighted by Crippen LogP contribution is 2.27. The fourth-order valence-corrected chi connectivity index (χ4v) is 1.81. The molecule has 0 amide bonds. The molecule has 0 saturated heterocycles. The second-order valence-electron chi connectivity index (χ2n) is 4.47. The van der Waals surface area contributed by atoms with E-state index in [1.807, 2.05) is 26.8 Å². The quantitative estimate of drug-likeness (QED) is 0.914. The van der Waals surface area contributed by atoms with Crippen LogP contribution in [0.25, 0.3) is 0 Å². The summed E-state index contributed by atoms with van der Waals surface area (Å²) in [5.41, 5.74) is 3.21. The second-order valence-corrected chi connectivity index (χ2v) is 4.47. The molecule has 4 nitrogen and oxygen atoms in total. The minimum absolute atomic E-state index is 0.0282. The number of hydrogen-bond acceptors (Lipinski definition) is 3. The second kappa shape index (κ2) is 5.10. The molecule has 1 aromatic carbocycles. The van der Waals surface area contributed by atoms with Crippen LogP contribution in [0.2, 0.25) is 0 Å². The van der Waals surface area contributed by atoms with E-state index in [-0.39, 0.29) is 11.6 Å². The third-order valence-electron chi connectivity index (χ3n) is 2.92. The van der Waals surface area contributed by atoms with Crippen molar-refractivity contribution in [3.05, 3.63) is 52.7 Å². The van der Waals surface area contributed by atoms with Gasteiger partial charge in [0.25, 0.3) is 0 Å². The number of pyridine rings is 1. The van der Waals surface area contributed by atoms with E-state index in [9.17, 15) is 4.79 Å². The summed E-state index contributed by atoms with van der Waals surface area (Å²) in [5, 5.41) is 8.90. The van der Waals surface area contributed by atoms with Crippen LogP contribution in [0.15, 0.2) is 30.3 Å². The van der Waals surface area contributed by atoms with Gasteiger partial charge in [0, 0.05) is 6.07 Å². The van der Waals surface area contributed by atoms with Gasteiger partial charge in [-0.3, -0.25) is 0 Å². The number of aromatic carboxylic acids is 1. The van der Waals surface area contributed by atoms with Crippen molar-refractivity contribution in [1.82, 2.24) is 4.98 Å². The summed E-state index contributed by atoms with van der Waals surface area (Å²) in [5.74, 6) is -0.0804. The van der Waals surface area contributed by atoms with Crippen LogP contribution >= 0.6 is 0 Å². The van der Waals surface area contributed by atoms with E-state index in [4.69, 9.17) is 9.84 Å². The van der Waals surface area contributed by atoms with Crippen LogP contribution in [-0.4, -0.2) is 16.1 Å². The Morgan fingerprint density at radius 2 is 1.95 bits per heavy atom. The zero-order valence-corrected chi connectivity index (χ0v) is 11.1. The van der Waals surface area contributed by atoms with Gasteiger partial charge in [0.2, 0.25) is 5.88 Å². The van der Waals surface area contributed by atoms with Gasteiger partial charge in [-0.2, -0.15) is 0 Å². The van der Waals surface area contributed by atoms with E-state index >= 15 is 0 Å². The molecule has 0 aliphatic carbocycles. The van der Waals surface area contributed by atoms with Gasteiger partial charge in [-0.1, -0.05) is 12.1 Å². The Kier molecular flexibility index (Phi) is 3.51. The molecule has 0 atom stereocenters. The maximum Gasteiger partial charge on any atom is 0.354 e. The molecule has 2 aromatic rings. The highest BCUT2D eigenvalue weighted by Gasteiger charge is 2.09. The van der Waals surface area contributed by atoms with Gasteiger partial charge in [-0.05, 0) is 49.6 Å². The average molecular weight is 257 g/mol.